The summed E-state index contributed by atoms with van der Waals surface area (Å²) in [6.07, 6.45) is 0. The fraction of sp³-hybridized carbons (Fsp3) is 1.00. The molecule has 0 aromatic heterocycles. The van der Waals surface area contributed by atoms with Crippen molar-refractivity contribution in [2.24, 2.45) is 0 Å². The fourth-order valence-electron chi connectivity index (χ4n) is 0.344. The maximum Gasteiger partial charge on any atom is 0.132 e. The van der Waals surface area contributed by atoms with Crippen LogP contribution in [0.4, 0.5) is 4.39 Å². The number of halogens is 1. The minimum absolute atomic E-state index is 0.0382. The van der Waals surface area contributed by atoms with Gasteiger partial charge in [0, 0.05) is 17.2 Å². The van der Waals surface area contributed by atoms with Crippen LogP contribution in [0.15, 0.2) is 0 Å². The molecule has 0 bridgehead atoms. The molecule has 1 fully saturated rings. The second-order valence-electron chi connectivity index (χ2n) is 1.57. The van der Waals surface area contributed by atoms with Gasteiger partial charge in [0.05, 0.1) is 0 Å². The van der Waals surface area contributed by atoms with E-state index in [1.165, 1.54) is 0 Å². The lowest BCUT2D eigenvalue weighted by Gasteiger charge is -2.30. The van der Waals surface area contributed by atoms with Gasteiger partial charge in [-0.25, -0.2) is 4.39 Å². The van der Waals surface area contributed by atoms with Gasteiger partial charge in [0.2, 0.25) is 0 Å². The largest absolute Gasteiger partial charge is 0.310 e. The van der Waals surface area contributed by atoms with Crippen molar-refractivity contribution in [2.75, 3.05) is 13.1 Å². The Bertz CT molecular complexity index is 117. The van der Waals surface area contributed by atoms with Gasteiger partial charge in [-0.15, -0.1) is 0 Å². The summed E-state index contributed by atoms with van der Waals surface area (Å²) in [5.41, 5.74) is -1.95. The summed E-state index contributed by atoms with van der Waals surface area (Å²) in [5, 5.41) is 2.57. The summed E-state index contributed by atoms with van der Waals surface area (Å²) in [7, 11) is 0. The predicted octanol–water partition coefficient (Wildman–Crippen LogP) is 0.318. The van der Waals surface area contributed by atoms with Gasteiger partial charge in [-0.05, 0) is 6.85 Å². The van der Waals surface area contributed by atoms with Crippen molar-refractivity contribution in [3.05, 3.63) is 0 Å². The molecule has 0 aromatic carbocycles. The Kier molecular flexibility index (Phi) is 0.278. The quantitative estimate of drug-likeness (QED) is 0.453. The van der Waals surface area contributed by atoms with E-state index >= 15 is 0 Å². The van der Waals surface area contributed by atoms with Gasteiger partial charge in [0.25, 0.3) is 0 Å². The predicted molar refractivity (Wildman–Crippen MR) is 22.4 cm³/mol. The van der Waals surface area contributed by atoms with Crippen LogP contribution in [0.2, 0.25) is 0 Å². The van der Waals surface area contributed by atoms with E-state index in [0.29, 0.717) is 0 Å². The smallest absolute Gasteiger partial charge is 0.132 e. The Hall–Kier alpha value is -0.110. The summed E-state index contributed by atoms with van der Waals surface area (Å²) in [4.78, 5) is 0. The molecule has 1 aliphatic heterocycles. The molecule has 1 heterocycles. The lowest BCUT2D eigenvalue weighted by atomic mass is 10.0. The van der Waals surface area contributed by atoms with Gasteiger partial charge in [0.15, 0.2) is 0 Å². The molecule has 0 unspecified atom stereocenters. The third-order valence-corrected chi connectivity index (χ3v) is 0.810. The highest BCUT2D eigenvalue weighted by molar-refractivity contribution is 4.87. The molecule has 1 nitrogen and oxygen atoms in total. The minimum Gasteiger partial charge on any atom is -0.310 e. The molecular weight excluding hydrogens is 81.0 g/mol. The second-order valence-corrected chi connectivity index (χ2v) is 1.57. The van der Waals surface area contributed by atoms with Crippen LogP contribution in [0, 0.1) is 0 Å². The fourth-order valence-corrected chi connectivity index (χ4v) is 0.344. The molecule has 0 spiro atoms. The van der Waals surface area contributed by atoms with Crippen molar-refractivity contribution in [2.45, 2.75) is 12.5 Å². The van der Waals surface area contributed by atoms with Crippen molar-refractivity contribution in [1.82, 2.24) is 5.32 Å². The van der Waals surface area contributed by atoms with Gasteiger partial charge < -0.3 is 5.32 Å². The maximum absolute atomic E-state index is 12.8. The van der Waals surface area contributed by atoms with Gasteiger partial charge in [0.1, 0.15) is 5.67 Å². The molecule has 0 saturated carbocycles. The van der Waals surface area contributed by atoms with Crippen LogP contribution in [0.5, 0.6) is 0 Å². The summed E-state index contributed by atoms with van der Waals surface area (Å²) in [6.45, 7) is -2.52. The zero-order valence-electron chi connectivity index (χ0n) is 6.29. The molecule has 1 aliphatic rings. The highest BCUT2D eigenvalue weighted by atomic mass is 19.1. The van der Waals surface area contributed by atoms with Crippen molar-refractivity contribution in [3.8, 4) is 0 Å². The Morgan fingerprint density at radius 2 is 2.67 bits per heavy atom. The zero-order valence-corrected chi connectivity index (χ0v) is 3.29. The summed E-state index contributed by atoms with van der Waals surface area (Å²) < 4.78 is 32.9. The normalized spacial score (nSPS) is 38.5. The lowest BCUT2D eigenvalue weighted by Crippen LogP contribution is -2.53. The maximum atomic E-state index is 12.8. The second kappa shape index (κ2) is 0.936. The highest BCUT2D eigenvalue weighted by Crippen LogP contribution is 2.12. The molecule has 36 valence electrons. The van der Waals surface area contributed by atoms with Crippen LogP contribution in [-0.2, 0) is 0 Å². The molecule has 1 rings (SSSR count). The lowest BCUT2D eigenvalue weighted by molar-refractivity contribution is 0.113. The van der Waals surface area contributed by atoms with Crippen LogP contribution in [-0.4, -0.2) is 18.8 Å². The summed E-state index contributed by atoms with van der Waals surface area (Å²) in [5.74, 6) is 0. The van der Waals surface area contributed by atoms with E-state index in [0.717, 1.165) is 0 Å². The molecule has 2 heteroatoms. The van der Waals surface area contributed by atoms with E-state index in [2.05, 4.69) is 5.32 Å². The molecule has 1 N–H and O–H groups in total. The first-order chi connectivity index (χ1) is 3.96. The number of nitrogens with one attached hydrogen (secondary N) is 1. The van der Waals surface area contributed by atoms with Crippen molar-refractivity contribution in [1.29, 1.82) is 0 Å². The van der Waals surface area contributed by atoms with Crippen LogP contribution in [0.25, 0.3) is 0 Å². The van der Waals surface area contributed by atoms with Gasteiger partial charge >= 0.3 is 0 Å². The first-order valence-corrected chi connectivity index (χ1v) is 1.85. The average molecular weight is 92.1 g/mol. The molecule has 1 saturated heterocycles. The highest BCUT2D eigenvalue weighted by Gasteiger charge is 2.30. The van der Waals surface area contributed by atoms with E-state index < -0.39 is 12.5 Å². The van der Waals surface area contributed by atoms with Crippen molar-refractivity contribution >= 4 is 0 Å². The first kappa shape index (κ1) is 1.78. The van der Waals surface area contributed by atoms with Crippen LogP contribution in [0.1, 0.15) is 11.0 Å². The standard InChI is InChI=1S/C4H8FN/c1-4(5)2-6-3-4/h6H,2-3H2,1H3/i1D3. The van der Waals surface area contributed by atoms with Crippen molar-refractivity contribution in [3.63, 3.8) is 0 Å². The molecule has 0 aromatic rings. The summed E-state index contributed by atoms with van der Waals surface area (Å²) >= 11 is 0. The molecule has 0 radical (unpaired) electrons. The minimum atomic E-state index is -2.45. The van der Waals surface area contributed by atoms with Gasteiger partial charge in [-0.3, -0.25) is 0 Å². The number of alkyl halides is 1. The Labute approximate surface area is 40.8 Å². The van der Waals surface area contributed by atoms with E-state index in [9.17, 15) is 4.39 Å². The third kappa shape index (κ3) is 0.522. The molecule has 0 atom stereocenters. The molecule has 0 amide bonds. The number of hydrogen-bond donors (Lipinski definition) is 1. The Morgan fingerprint density at radius 3 is 2.67 bits per heavy atom. The third-order valence-electron chi connectivity index (χ3n) is 0.810. The van der Waals surface area contributed by atoms with E-state index in [1.54, 1.807) is 0 Å². The van der Waals surface area contributed by atoms with E-state index in [-0.39, 0.29) is 13.1 Å². The van der Waals surface area contributed by atoms with Crippen LogP contribution >= 0.6 is 0 Å². The topological polar surface area (TPSA) is 12.0 Å². The van der Waals surface area contributed by atoms with Crippen molar-refractivity contribution < 1.29 is 8.50 Å². The Balaban J connectivity index is 2.59. The van der Waals surface area contributed by atoms with E-state index in [4.69, 9.17) is 4.11 Å². The number of rotatable bonds is 0. The molecule has 0 aliphatic carbocycles. The SMILES string of the molecule is [2H]C([2H])([2H])C1(F)CNC1. The summed E-state index contributed by atoms with van der Waals surface area (Å²) in [6, 6.07) is 0. The average Bonchev–Trinajstić information content (AvgIpc) is 1.57. The number of hydrogen-bond acceptors (Lipinski definition) is 1. The first-order valence-electron chi connectivity index (χ1n) is 3.35. The van der Waals surface area contributed by atoms with E-state index in [1.807, 2.05) is 0 Å². The van der Waals surface area contributed by atoms with Crippen LogP contribution in [0.3, 0.4) is 0 Å². The van der Waals surface area contributed by atoms with Gasteiger partial charge in [-0.2, -0.15) is 0 Å². The monoisotopic (exact) mass is 92.1 g/mol. The van der Waals surface area contributed by atoms with Gasteiger partial charge in [-0.1, -0.05) is 0 Å². The zero-order chi connectivity index (χ0) is 7.12. The Morgan fingerprint density at radius 1 is 2.00 bits per heavy atom. The molecule has 6 heavy (non-hydrogen) atoms. The molecular formula is C4H8FN. The van der Waals surface area contributed by atoms with Crippen LogP contribution < -0.4 is 5.32 Å².